The number of nitrogens with zero attached hydrogens (tertiary/aromatic N) is 2. The first kappa shape index (κ1) is 19.2. The van der Waals surface area contributed by atoms with Crippen LogP contribution in [0, 0.1) is 5.41 Å². The summed E-state index contributed by atoms with van der Waals surface area (Å²) in [6.07, 6.45) is -0.158. The number of aliphatic carboxylic acids is 1. The van der Waals surface area contributed by atoms with Crippen LogP contribution in [-0.2, 0) is 9.59 Å². The van der Waals surface area contributed by atoms with Crippen molar-refractivity contribution in [1.29, 1.82) is 0 Å². The van der Waals surface area contributed by atoms with Crippen LogP contribution >= 0.6 is 0 Å². The maximum atomic E-state index is 12.2. The Hall–Kier alpha value is -1.79. The highest BCUT2D eigenvalue weighted by atomic mass is 16.4. The predicted molar refractivity (Wildman–Crippen MR) is 80.0 cm³/mol. The molecule has 0 aromatic heterocycles. The van der Waals surface area contributed by atoms with Crippen LogP contribution in [-0.4, -0.2) is 66.0 Å². The number of nitrogens with one attached hydrogen (secondary N) is 1. The van der Waals surface area contributed by atoms with Crippen molar-refractivity contribution in [2.24, 2.45) is 5.41 Å². The van der Waals surface area contributed by atoms with Crippen LogP contribution in [0.5, 0.6) is 0 Å². The second-order valence-corrected chi connectivity index (χ2v) is 6.27. The van der Waals surface area contributed by atoms with Crippen molar-refractivity contribution in [3.05, 3.63) is 0 Å². The molecule has 0 bridgehead atoms. The van der Waals surface area contributed by atoms with Gasteiger partial charge in [-0.3, -0.25) is 9.59 Å². The molecular formula is C14H27N3O4. The first-order valence-electron chi connectivity index (χ1n) is 6.96. The Morgan fingerprint density at radius 1 is 1.19 bits per heavy atom. The Balaban J connectivity index is 4.86. The third kappa shape index (κ3) is 6.97. The zero-order valence-corrected chi connectivity index (χ0v) is 13.8. The summed E-state index contributed by atoms with van der Waals surface area (Å²) in [7, 11) is 3.24. The van der Waals surface area contributed by atoms with E-state index in [9.17, 15) is 14.4 Å². The lowest BCUT2D eigenvalue weighted by atomic mass is 9.85. The van der Waals surface area contributed by atoms with Crippen molar-refractivity contribution in [3.63, 3.8) is 0 Å². The zero-order valence-electron chi connectivity index (χ0n) is 13.8. The van der Waals surface area contributed by atoms with E-state index in [0.29, 0.717) is 6.54 Å². The van der Waals surface area contributed by atoms with Gasteiger partial charge in [-0.2, -0.15) is 0 Å². The minimum absolute atomic E-state index is 0.0285. The summed E-state index contributed by atoms with van der Waals surface area (Å²) in [5, 5.41) is 11.7. The number of rotatable bonds is 6. The Bertz CT molecular complexity index is 388. The first-order valence-corrected chi connectivity index (χ1v) is 6.96. The monoisotopic (exact) mass is 301 g/mol. The number of likely N-dealkylation sites (N-methyl/N-ethyl adjacent to an activating group) is 2. The first-order chi connectivity index (χ1) is 9.48. The number of amides is 3. The lowest BCUT2D eigenvalue weighted by Gasteiger charge is -2.32. The summed E-state index contributed by atoms with van der Waals surface area (Å²) in [4.78, 5) is 37.6. The summed E-state index contributed by atoms with van der Waals surface area (Å²) >= 11 is 0. The summed E-state index contributed by atoms with van der Waals surface area (Å²) in [5.41, 5.74) is -0.390. The van der Waals surface area contributed by atoms with Gasteiger partial charge < -0.3 is 20.2 Å². The largest absolute Gasteiger partial charge is 0.481 e. The van der Waals surface area contributed by atoms with E-state index in [1.165, 1.54) is 9.80 Å². The smallest absolute Gasteiger partial charge is 0.318 e. The fourth-order valence-corrected chi connectivity index (χ4v) is 1.62. The molecule has 0 heterocycles. The highest BCUT2D eigenvalue weighted by Gasteiger charge is 2.30. The zero-order chi connectivity index (χ0) is 16.8. The third-order valence-electron chi connectivity index (χ3n) is 3.22. The van der Waals surface area contributed by atoms with Crippen LogP contribution < -0.4 is 5.32 Å². The summed E-state index contributed by atoms with van der Waals surface area (Å²) in [6, 6.07) is -0.931. The number of carbonyl (C=O) groups is 3. The van der Waals surface area contributed by atoms with E-state index >= 15 is 0 Å². The van der Waals surface area contributed by atoms with Crippen LogP contribution in [0.25, 0.3) is 0 Å². The van der Waals surface area contributed by atoms with E-state index < -0.39 is 18.0 Å². The average Bonchev–Trinajstić information content (AvgIpc) is 2.32. The standard InChI is InChI=1S/C14H27N3O4/c1-7-17(9-11(18)16(5)6)13(21)15-10(8-12(19)20)14(2,3)4/h10H,7-9H2,1-6H3,(H,15,21)(H,19,20). The van der Waals surface area contributed by atoms with Crippen molar-refractivity contribution in [1.82, 2.24) is 15.1 Å². The van der Waals surface area contributed by atoms with Crippen molar-refractivity contribution in [2.45, 2.75) is 40.2 Å². The molecule has 0 rings (SSSR count). The number of urea groups is 1. The van der Waals surface area contributed by atoms with Gasteiger partial charge >= 0.3 is 12.0 Å². The number of carbonyl (C=O) groups excluding carboxylic acids is 2. The maximum absolute atomic E-state index is 12.2. The fraction of sp³-hybridized carbons (Fsp3) is 0.786. The lowest BCUT2D eigenvalue weighted by molar-refractivity contribution is -0.138. The molecule has 0 saturated carbocycles. The number of carboxylic acid groups (broad SMARTS) is 1. The van der Waals surface area contributed by atoms with Gasteiger partial charge in [-0.05, 0) is 12.3 Å². The van der Waals surface area contributed by atoms with Gasteiger partial charge in [0.15, 0.2) is 0 Å². The summed E-state index contributed by atoms with van der Waals surface area (Å²) in [6.45, 7) is 7.70. The summed E-state index contributed by atoms with van der Waals surface area (Å²) < 4.78 is 0. The molecule has 7 nitrogen and oxygen atoms in total. The molecular weight excluding hydrogens is 274 g/mol. The van der Waals surface area contributed by atoms with Gasteiger partial charge in [0, 0.05) is 26.7 Å². The minimum Gasteiger partial charge on any atom is -0.481 e. The van der Waals surface area contributed by atoms with Gasteiger partial charge in [0.2, 0.25) is 5.91 Å². The molecule has 2 N–H and O–H groups in total. The van der Waals surface area contributed by atoms with Crippen LogP contribution in [0.1, 0.15) is 34.1 Å². The molecule has 0 spiro atoms. The van der Waals surface area contributed by atoms with Crippen molar-refractivity contribution < 1.29 is 19.5 Å². The van der Waals surface area contributed by atoms with Crippen molar-refractivity contribution in [2.75, 3.05) is 27.2 Å². The second-order valence-electron chi connectivity index (χ2n) is 6.27. The van der Waals surface area contributed by atoms with Crippen LogP contribution in [0.15, 0.2) is 0 Å². The van der Waals surface area contributed by atoms with Gasteiger partial charge in [-0.1, -0.05) is 20.8 Å². The van der Waals surface area contributed by atoms with E-state index in [1.54, 1.807) is 21.0 Å². The Kier molecular flexibility index (Phi) is 7.18. The van der Waals surface area contributed by atoms with Gasteiger partial charge in [0.05, 0.1) is 6.42 Å². The molecule has 1 unspecified atom stereocenters. The molecule has 0 radical (unpaired) electrons. The Labute approximate surface area is 126 Å². The Morgan fingerprint density at radius 2 is 1.71 bits per heavy atom. The van der Waals surface area contributed by atoms with Crippen molar-refractivity contribution in [3.8, 4) is 0 Å². The molecule has 122 valence electrons. The highest BCUT2D eigenvalue weighted by Crippen LogP contribution is 2.22. The topological polar surface area (TPSA) is 90.0 Å². The number of hydrogen-bond acceptors (Lipinski definition) is 3. The molecule has 7 heteroatoms. The van der Waals surface area contributed by atoms with E-state index in [0.717, 1.165) is 0 Å². The van der Waals surface area contributed by atoms with Gasteiger partial charge in [-0.25, -0.2) is 4.79 Å². The lowest BCUT2D eigenvalue weighted by Crippen LogP contribution is -2.52. The van der Waals surface area contributed by atoms with Crippen molar-refractivity contribution >= 4 is 17.9 Å². The molecule has 0 fully saturated rings. The molecule has 0 aromatic rings. The van der Waals surface area contributed by atoms with Gasteiger partial charge in [-0.15, -0.1) is 0 Å². The summed E-state index contributed by atoms with van der Waals surface area (Å²) in [5.74, 6) is -1.15. The average molecular weight is 301 g/mol. The minimum atomic E-state index is -0.970. The van der Waals surface area contributed by atoms with Gasteiger partial charge in [0.1, 0.15) is 6.54 Å². The second kappa shape index (κ2) is 7.85. The quantitative estimate of drug-likeness (QED) is 0.765. The SMILES string of the molecule is CCN(CC(=O)N(C)C)C(=O)NC(CC(=O)O)C(C)(C)C. The van der Waals surface area contributed by atoms with Crippen LogP contribution in [0.2, 0.25) is 0 Å². The maximum Gasteiger partial charge on any atom is 0.318 e. The fourth-order valence-electron chi connectivity index (χ4n) is 1.62. The predicted octanol–water partition coefficient (Wildman–Crippen LogP) is 0.996. The molecule has 0 aliphatic heterocycles. The molecule has 0 aromatic carbocycles. The van der Waals surface area contributed by atoms with E-state index in [-0.39, 0.29) is 24.3 Å². The van der Waals surface area contributed by atoms with Crippen LogP contribution in [0.4, 0.5) is 4.79 Å². The third-order valence-corrected chi connectivity index (χ3v) is 3.22. The van der Waals surface area contributed by atoms with E-state index in [2.05, 4.69) is 5.32 Å². The molecule has 0 aliphatic carbocycles. The highest BCUT2D eigenvalue weighted by molar-refractivity contribution is 5.84. The molecule has 0 aliphatic rings. The molecule has 1 atom stereocenters. The van der Waals surface area contributed by atoms with E-state index in [1.807, 2.05) is 20.8 Å². The Morgan fingerprint density at radius 3 is 2.05 bits per heavy atom. The van der Waals surface area contributed by atoms with E-state index in [4.69, 9.17) is 5.11 Å². The normalized spacial score (nSPS) is 12.5. The number of carboxylic acids is 1. The molecule has 21 heavy (non-hydrogen) atoms. The molecule has 3 amide bonds. The van der Waals surface area contributed by atoms with Crippen LogP contribution in [0.3, 0.4) is 0 Å². The number of hydrogen-bond donors (Lipinski definition) is 2. The van der Waals surface area contributed by atoms with Gasteiger partial charge in [0.25, 0.3) is 0 Å². The molecule has 0 saturated heterocycles.